The highest BCUT2D eigenvalue weighted by Crippen LogP contribution is 2.17. The van der Waals surface area contributed by atoms with E-state index in [0.717, 1.165) is 5.69 Å². The van der Waals surface area contributed by atoms with Crippen LogP contribution in [0.1, 0.15) is 13.3 Å². The highest BCUT2D eigenvalue weighted by molar-refractivity contribution is 7.80. The fourth-order valence-electron chi connectivity index (χ4n) is 1.28. The van der Waals surface area contributed by atoms with Crippen LogP contribution in [0.4, 0.5) is 5.69 Å². The van der Waals surface area contributed by atoms with E-state index in [-0.39, 0.29) is 11.0 Å². The third-order valence-corrected chi connectivity index (χ3v) is 2.43. The minimum Gasteiger partial charge on any atom is -0.491 e. The van der Waals surface area contributed by atoms with E-state index in [9.17, 15) is 4.79 Å². The monoisotopic (exact) mass is 282 g/mol. The molecule has 0 atom stereocenters. The van der Waals surface area contributed by atoms with E-state index < -0.39 is 0 Å². The lowest BCUT2D eigenvalue weighted by atomic mass is 10.3. The Morgan fingerprint density at radius 1 is 1.37 bits per heavy atom. The van der Waals surface area contributed by atoms with Crippen molar-refractivity contribution in [1.82, 2.24) is 5.32 Å². The number of carbonyl (C=O) groups excluding carboxylic acids is 1. The molecule has 2 N–H and O–H groups in total. The van der Waals surface area contributed by atoms with Crippen LogP contribution in [0, 0.1) is 0 Å². The van der Waals surface area contributed by atoms with E-state index in [0.29, 0.717) is 25.4 Å². The van der Waals surface area contributed by atoms with Crippen molar-refractivity contribution in [3.8, 4) is 5.75 Å². The van der Waals surface area contributed by atoms with Crippen molar-refractivity contribution in [3.05, 3.63) is 24.3 Å². The first-order valence-corrected chi connectivity index (χ1v) is 6.39. The zero-order chi connectivity index (χ0) is 14.1. The zero-order valence-electron chi connectivity index (χ0n) is 11.1. The Bertz CT molecular complexity index is 438. The Kier molecular flexibility index (Phi) is 6.84. The summed E-state index contributed by atoms with van der Waals surface area (Å²) in [6.07, 6.45) is 0.391. The lowest BCUT2D eigenvalue weighted by Crippen LogP contribution is -2.33. The second-order valence-electron chi connectivity index (χ2n) is 3.72. The highest BCUT2D eigenvalue weighted by Gasteiger charge is 2.03. The number of hydrogen-bond donors (Lipinski definition) is 2. The molecule has 1 aromatic carbocycles. The van der Waals surface area contributed by atoms with Crippen molar-refractivity contribution in [2.75, 3.05) is 25.6 Å². The molecule has 5 nitrogen and oxygen atoms in total. The normalized spacial score (nSPS) is 9.79. The smallest absolute Gasteiger partial charge is 0.225 e. The number of benzene rings is 1. The molecule has 19 heavy (non-hydrogen) atoms. The second-order valence-corrected chi connectivity index (χ2v) is 4.13. The zero-order valence-corrected chi connectivity index (χ0v) is 11.9. The molecule has 6 heteroatoms. The number of anilines is 1. The molecule has 0 radical (unpaired) electrons. The van der Waals surface area contributed by atoms with Crippen LogP contribution in [0.2, 0.25) is 0 Å². The van der Waals surface area contributed by atoms with Gasteiger partial charge in [-0.2, -0.15) is 0 Å². The maximum Gasteiger partial charge on any atom is 0.225 e. The summed E-state index contributed by atoms with van der Waals surface area (Å²) in [5.41, 5.74) is 0.760. The van der Waals surface area contributed by atoms with Gasteiger partial charge in [0, 0.05) is 25.3 Å². The molecule has 0 unspecified atom stereocenters. The summed E-state index contributed by atoms with van der Waals surface area (Å²) in [5.74, 6) is 0.594. The van der Waals surface area contributed by atoms with Crippen molar-refractivity contribution >= 4 is 28.9 Å². The van der Waals surface area contributed by atoms with Gasteiger partial charge in [0.05, 0.1) is 6.61 Å². The van der Waals surface area contributed by atoms with Crippen molar-refractivity contribution in [3.63, 3.8) is 0 Å². The van der Waals surface area contributed by atoms with Crippen LogP contribution >= 0.6 is 12.2 Å². The van der Waals surface area contributed by atoms with Gasteiger partial charge in [0.1, 0.15) is 12.4 Å². The van der Waals surface area contributed by atoms with Crippen LogP contribution < -0.4 is 15.4 Å². The number of hydrogen-bond acceptors (Lipinski definition) is 4. The van der Waals surface area contributed by atoms with Gasteiger partial charge >= 0.3 is 0 Å². The van der Waals surface area contributed by atoms with Crippen LogP contribution in [-0.4, -0.2) is 31.3 Å². The molecule has 0 spiro atoms. The molecule has 0 aliphatic heterocycles. The molecular weight excluding hydrogens is 264 g/mol. The predicted octanol–water partition coefficient (Wildman–Crippen LogP) is 1.93. The summed E-state index contributed by atoms with van der Waals surface area (Å²) in [7, 11) is 1.62. The minimum absolute atomic E-state index is 0.120. The third kappa shape index (κ3) is 6.17. The maximum absolute atomic E-state index is 11.2. The lowest BCUT2D eigenvalue weighted by Gasteiger charge is -2.10. The topological polar surface area (TPSA) is 59.6 Å². The Morgan fingerprint density at radius 2 is 2.16 bits per heavy atom. The number of ether oxygens (including phenoxy) is 2. The van der Waals surface area contributed by atoms with Crippen molar-refractivity contribution in [2.24, 2.45) is 0 Å². The lowest BCUT2D eigenvalue weighted by molar-refractivity contribution is -0.119. The van der Waals surface area contributed by atoms with Crippen molar-refractivity contribution in [1.29, 1.82) is 0 Å². The van der Waals surface area contributed by atoms with Crippen LogP contribution in [0.25, 0.3) is 0 Å². The average molecular weight is 282 g/mol. The van der Waals surface area contributed by atoms with Crippen LogP contribution in [0.3, 0.4) is 0 Å². The maximum atomic E-state index is 11.2. The molecule has 0 bridgehead atoms. The molecule has 1 rings (SSSR count). The fourth-order valence-corrected chi connectivity index (χ4v) is 1.52. The van der Waals surface area contributed by atoms with Crippen LogP contribution in [-0.2, 0) is 9.53 Å². The SMILES string of the molecule is CCC(=O)NC(=S)Nc1cccc(OCCOC)c1. The summed E-state index contributed by atoms with van der Waals surface area (Å²) in [6, 6.07) is 7.33. The predicted molar refractivity (Wildman–Crippen MR) is 78.5 cm³/mol. The number of nitrogens with one attached hydrogen (secondary N) is 2. The van der Waals surface area contributed by atoms with E-state index in [2.05, 4.69) is 10.6 Å². The van der Waals surface area contributed by atoms with E-state index in [1.54, 1.807) is 20.1 Å². The summed E-state index contributed by atoms with van der Waals surface area (Å²) >= 11 is 5.02. The van der Waals surface area contributed by atoms with Gasteiger partial charge in [-0.1, -0.05) is 13.0 Å². The van der Waals surface area contributed by atoms with Gasteiger partial charge in [-0.15, -0.1) is 0 Å². The Hall–Kier alpha value is -1.66. The fraction of sp³-hybridized carbons (Fsp3) is 0.385. The standard InChI is InChI=1S/C13H18N2O3S/c1-3-12(16)15-13(19)14-10-5-4-6-11(9-10)18-8-7-17-2/h4-6,9H,3,7-8H2,1-2H3,(H2,14,15,16,19). The van der Waals surface area contributed by atoms with E-state index in [1.807, 2.05) is 18.2 Å². The molecule has 0 saturated carbocycles. The van der Waals surface area contributed by atoms with Gasteiger partial charge in [0.15, 0.2) is 5.11 Å². The van der Waals surface area contributed by atoms with E-state index in [4.69, 9.17) is 21.7 Å². The number of thiocarbonyl (C=S) groups is 1. The van der Waals surface area contributed by atoms with Gasteiger partial charge in [-0.3, -0.25) is 4.79 Å². The van der Waals surface area contributed by atoms with Gasteiger partial charge in [-0.05, 0) is 24.4 Å². The third-order valence-electron chi connectivity index (χ3n) is 2.22. The molecule has 104 valence electrons. The van der Waals surface area contributed by atoms with Gasteiger partial charge in [-0.25, -0.2) is 0 Å². The van der Waals surface area contributed by atoms with E-state index in [1.165, 1.54) is 0 Å². The number of carbonyl (C=O) groups is 1. The van der Waals surface area contributed by atoms with E-state index >= 15 is 0 Å². The number of methoxy groups -OCH3 is 1. The Morgan fingerprint density at radius 3 is 2.84 bits per heavy atom. The number of amides is 1. The highest BCUT2D eigenvalue weighted by atomic mass is 32.1. The van der Waals surface area contributed by atoms with Gasteiger partial charge in [0.25, 0.3) is 0 Å². The van der Waals surface area contributed by atoms with Crippen molar-refractivity contribution < 1.29 is 14.3 Å². The summed E-state index contributed by atoms with van der Waals surface area (Å²) in [5, 5.41) is 5.78. The minimum atomic E-state index is -0.120. The van der Waals surface area contributed by atoms with Crippen LogP contribution in [0.15, 0.2) is 24.3 Å². The molecule has 0 aromatic heterocycles. The average Bonchev–Trinajstić information content (AvgIpc) is 2.39. The molecule has 0 saturated heterocycles. The molecule has 1 amide bonds. The second kappa shape index (κ2) is 8.44. The molecule has 0 fully saturated rings. The molecule has 1 aromatic rings. The number of rotatable bonds is 6. The molecule has 0 aliphatic rings. The molecule has 0 aliphatic carbocycles. The summed E-state index contributed by atoms with van der Waals surface area (Å²) in [4.78, 5) is 11.2. The quantitative estimate of drug-likeness (QED) is 0.617. The largest absolute Gasteiger partial charge is 0.491 e. The Labute approximate surface area is 118 Å². The van der Waals surface area contributed by atoms with Gasteiger partial charge < -0.3 is 20.1 Å². The Balaban J connectivity index is 2.51. The van der Waals surface area contributed by atoms with Gasteiger partial charge in [0.2, 0.25) is 5.91 Å². The first-order chi connectivity index (χ1) is 9.15. The first kappa shape index (κ1) is 15.4. The summed E-state index contributed by atoms with van der Waals surface area (Å²) < 4.78 is 10.4. The summed E-state index contributed by atoms with van der Waals surface area (Å²) in [6.45, 7) is 2.78. The first-order valence-electron chi connectivity index (χ1n) is 5.98. The van der Waals surface area contributed by atoms with Crippen molar-refractivity contribution in [2.45, 2.75) is 13.3 Å². The molecule has 0 heterocycles. The molecular formula is C13H18N2O3S. The van der Waals surface area contributed by atoms with Crippen LogP contribution in [0.5, 0.6) is 5.75 Å².